The minimum Gasteiger partial charge on any atom is -0.497 e. The lowest BCUT2D eigenvalue weighted by Crippen LogP contribution is -2.09. The van der Waals surface area contributed by atoms with Crippen molar-refractivity contribution >= 4 is 66.4 Å². The van der Waals surface area contributed by atoms with E-state index in [1.807, 2.05) is 12.1 Å². The molecule has 0 radical (unpaired) electrons. The first-order valence-corrected chi connectivity index (χ1v) is 19.7. The summed E-state index contributed by atoms with van der Waals surface area (Å²) in [6.07, 6.45) is 0. The van der Waals surface area contributed by atoms with Gasteiger partial charge in [-0.2, -0.15) is 0 Å². The van der Waals surface area contributed by atoms with Crippen LogP contribution in [0.2, 0.25) is 0 Å². The standard InChI is InChI=1S/C18H17NO.2C18H17N/c1-19(16-9-11-18(20-2)12-10-16)17-8-7-14-5-3-4-6-15(14)13-17;1-14-6-5-9-17(12-14)19(2)18-11-10-15-7-3-4-8-16(15)13-18;1-14-7-10-17(11-8-14)19(2)18-12-9-15-5-3-4-6-16(15)13-18/h3-13H,1-2H3;2*3-13H,1-2H3. The highest BCUT2D eigenvalue weighted by atomic mass is 16.5. The molecule has 0 fully saturated rings. The number of nitrogens with zero attached hydrogens (tertiary/aromatic N) is 3. The van der Waals surface area contributed by atoms with Crippen molar-refractivity contribution in [2.45, 2.75) is 13.8 Å². The number of anilines is 6. The predicted octanol–water partition coefficient (Wildman–Crippen LogP) is 14.4. The molecule has 0 bridgehead atoms. The molecular weight excluding hydrogens is 707 g/mol. The summed E-state index contributed by atoms with van der Waals surface area (Å²) in [5, 5.41) is 7.63. The van der Waals surface area contributed by atoms with Gasteiger partial charge in [-0.25, -0.2) is 0 Å². The summed E-state index contributed by atoms with van der Waals surface area (Å²) in [5.41, 5.74) is 9.73. The normalized spacial score (nSPS) is 10.6. The van der Waals surface area contributed by atoms with Gasteiger partial charge in [-0.3, -0.25) is 0 Å². The monoisotopic (exact) mass is 757 g/mol. The summed E-state index contributed by atoms with van der Waals surface area (Å²) in [4.78, 5) is 6.61. The van der Waals surface area contributed by atoms with Crippen molar-refractivity contribution in [2.75, 3.05) is 43.0 Å². The lowest BCUT2D eigenvalue weighted by Gasteiger charge is -2.20. The number of rotatable bonds is 7. The first kappa shape index (κ1) is 39.2. The Balaban J connectivity index is 0.000000132. The maximum absolute atomic E-state index is 5.19. The largest absolute Gasteiger partial charge is 0.497 e. The van der Waals surface area contributed by atoms with E-state index in [-0.39, 0.29) is 0 Å². The molecule has 0 heterocycles. The molecule has 0 amide bonds. The maximum Gasteiger partial charge on any atom is 0.119 e. The van der Waals surface area contributed by atoms with Crippen LogP contribution in [0, 0.1) is 13.8 Å². The van der Waals surface area contributed by atoms with Crippen LogP contribution in [0.5, 0.6) is 5.75 Å². The van der Waals surface area contributed by atoms with E-state index in [2.05, 4.69) is 238 Å². The first-order chi connectivity index (χ1) is 28.2. The average molecular weight is 758 g/mol. The summed E-state index contributed by atoms with van der Waals surface area (Å²) >= 11 is 0. The first-order valence-electron chi connectivity index (χ1n) is 19.7. The molecule has 0 aromatic heterocycles. The molecule has 0 aliphatic heterocycles. The van der Waals surface area contributed by atoms with Gasteiger partial charge >= 0.3 is 0 Å². The Bertz CT molecular complexity index is 2740. The number of benzene rings is 9. The van der Waals surface area contributed by atoms with Gasteiger partial charge < -0.3 is 19.4 Å². The molecule has 0 N–H and O–H groups in total. The van der Waals surface area contributed by atoms with E-state index in [1.165, 1.54) is 71.9 Å². The number of hydrogen-bond acceptors (Lipinski definition) is 4. The van der Waals surface area contributed by atoms with Crippen LogP contribution in [0.1, 0.15) is 11.1 Å². The quantitative estimate of drug-likeness (QED) is 0.161. The highest BCUT2D eigenvalue weighted by Crippen LogP contribution is 2.30. The second kappa shape index (κ2) is 18.3. The van der Waals surface area contributed by atoms with E-state index in [0.29, 0.717) is 0 Å². The van der Waals surface area contributed by atoms with Gasteiger partial charge in [-0.05, 0) is 137 Å². The summed E-state index contributed by atoms with van der Waals surface area (Å²) in [6, 6.07) is 70.2. The molecule has 288 valence electrons. The van der Waals surface area contributed by atoms with E-state index in [0.717, 1.165) is 11.4 Å². The molecule has 0 spiro atoms. The van der Waals surface area contributed by atoms with Crippen molar-refractivity contribution in [3.8, 4) is 5.75 Å². The maximum atomic E-state index is 5.19. The lowest BCUT2D eigenvalue weighted by atomic mass is 10.1. The number of aryl methyl sites for hydroxylation is 2. The molecule has 0 saturated heterocycles. The molecule has 0 unspecified atom stereocenters. The van der Waals surface area contributed by atoms with Crippen molar-refractivity contribution in [3.63, 3.8) is 0 Å². The summed E-state index contributed by atoms with van der Waals surface area (Å²) < 4.78 is 5.19. The van der Waals surface area contributed by atoms with Crippen LogP contribution in [0.25, 0.3) is 32.3 Å². The Morgan fingerprint density at radius 1 is 0.293 bits per heavy atom. The molecule has 0 atom stereocenters. The topological polar surface area (TPSA) is 19.0 Å². The Morgan fingerprint density at radius 2 is 0.638 bits per heavy atom. The molecule has 4 heteroatoms. The molecule has 9 rings (SSSR count). The highest BCUT2D eigenvalue weighted by Gasteiger charge is 2.07. The molecule has 0 saturated carbocycles. The Morgan fingerprint density at radius 3 is 1.03 bits per heavy atom. The van der Waals surface area contributed by atoms with Crippen molar-refractivity contribution in [1.82, 2.24) is 0 Å². The Labute approximate surface area is 343 Å². The zero-order chi connectivity index (χ0) is 40.4. The third-order valence-corrected chi connectivity index (χ3v) is 10.6. The molecule has 9 aromatic carbocycles. The minimum atomic E-state index is 0.876. The third-order valence-electron chi connectivity index (χ3n) is 10.6. The van der Waals surface area contributed by atoms with Crippen LogP contribution in [0.15, 0.2) is 200 Å². The zero-order valence-corrected chi connectivity index (χ0v) is 34.3. The second-order valence-corrected chi connectivity index (χ2v) is 14.6. The summed E-state index contributed by atoms with van der Waals surface area (Å²) in [5.74, 6) is 0.876. The van der Waals surface area contributed by atoms with Crippen LogP contribution in [-0.4, -0.2) is 28.3 Å². The van der Waals surface area contributed by atoms with Crippen LogP contribution in [0.4, 0.5) is 34.1 Å². The van der Waals surface area contributed by atoms with E-state index < -0.39 is 0 Å². The second-order valence-electron chi connectivity index (χ2n) is 14.6. The van der Waals surface area contributed by atoms with Gasteiger partial charge in [0, 0.05) is 55.3 Å². The fourth-order valence-corrected chi connectivity index (χ4v) is 7.01. The van der Waals surface area contributed by atoms with Crippen LogP contribution in [-0.2, 0) is 0 Å². The lowest BCUT2D eigenvalue weighted by molar-refractivity contribution is 0.415. The van der Waals surface area contributed by atoms with Gasteiger partial charge in [0.15, 0.2) is 0 Å². The van der Waals surface area contributed by atoms with E-state index in [1.54, 1.807) is 7.11 Å². The van der Waals surface area contributed by atoms with Crippen LogP contribution < -0.4 is 19.4 Å². The Hall–Kier alpha value is -7.04. The van der Waals surface area contributed by atoms with Crippen LogP contribution >= 0.6 is 0 Å². The van der Waals surface area contributed by atoms with Gasteiger partial charge in [0.1, 0.15) is 5.75 Å². The number of methoxy groups -OCH3 is 1. The Kier molecular flexibility index (Phi) is 12.4. The molecule has 58 heavy (non-hydrogen) atoms. The molecule has 0 aliphatic rings. The fraction of sp³-hybridized carbons (Fsp3) is 0.111. The predicted molar refractivity (Wildman–Crippen MR) is 251 cm³/mol. The van der Waals surface area contributed by atoms with Crippen molar-refractivity contribution in [3.05, 3.63) is 211 Å². The summed E-state index contributed by atoms with van der Waals surface area (Å²) in [7, 11) is 7.97. The molecule has 9 aromatic rings. The van der Waals surface area contributed by atoms with Crippen molar-refractivity contribution < 1.29 is 4.74 Å². The number of hydrogen-bond donors (Lipinski definition) is 0. The molecular formula is C54H51N3O. The van der Waals surface area contributed by atoms with Gasteiger partial charge in [0.25, 0.3) is 0 Å². The van der Waals surface area contributed by atoms with E-state index in [9.17, 15) is 0 Å². The SMILES string of the molecule is COc1ccc(N(C)c2ccc3ccccc3c2)cc1.Cc1ccc(N(C)c2ccc3ccccc3c2)cc1.Cc1cccc(N(C)c2ccc3ccccc3c2)c1. The minimum absolute atomic E-state index is 0.876. The number of ether oxygens (including phenoxy) is 1. The van der Waals surface area contributed by atoms with E-state index in [4.69, 9.17) is 4.74 Å². The van der Waals surface area contributed by atoms with Crippen molar-refractivity contribution in [1.29, 1.82) is 0 Å². The number of fused-ring (bicyclic) bond motifs is 3. The van der Waals surface area contributed by atoms with Gasteiger partial charge in [-0.15, -0.1) is 0 Å². The third kappa shape index (κ3) is 9.49. The van der Waals surface area contributed by atoms with Gasteiger partial charge in [0.05, 0.1) is 7.11 Å². The van der Waals surface area contributed by atoms with Crippen LogP contribution in [0.3, 0.4) is 0 Å². The molecule has 4 nitrogen and oxygen atoms in total. The smallest absolute Gasteiger partial charge is 0.119 e. The van der Waals surface area contributed by atoms with E-state index >= 15 is 0 Å². The summed E-state index contributed by atoms with van der Waals surface area (Å²) in [6.45, 7) is 4.23. The molecule has 0 aliphatic carbocycles. The van der Waals surface area contributed by atoms with Gasteiger partial charge in [-0.1, -0.05) is 121 Å². The fourth-order valence-electron chi connectivity index (χ4n) is 7.01. The van der Waals surface area contributed by atoms with Crippen molar-refractivity contribution in [2.24, 2.45) is 0 Å². The highest BCUT2D eigenvalue weighted by molar-refractivity contribution is 5.89. The zero-order valence-electron chi connectivity index (χ0n) is 34.3. The van der Waals surface area contributed by atoms with Gasteiger partial charge in [0.2, 0.25) is 0 Å². The average Bonchev–Trinajstić information content (AvgIpc) is 3.28.